The number of hydrogen-bond donors (Lipinski definition) is 1. The zero-order valence-corrected chi connectivity index (χ0v) is 10.8. The lowest BCUT2D eigenvalue weighted by atomic mass is 10.1. The van der Waals surface area contributed by atoms with Crippen molar-refractivity contribution in [1.29, 1.82) is 0 Å². The highest BCUT2D eigenvalue weighted by molar-refractivity contribution is 5.95. The Kier molecular flexibility index (Phi) is 4.04. The van der Waals surface area contributed by atoms with Gasteiger partial charge in [-0.3, -0.25) is 9.59 Å². The lowest BCUT2D eigenvalue weighted by Gasteiger charge is -2.16. The molecule has 102 valence electrons. The van der Waals surface area contributed by atoms with Crippen molar-refractivity contribution in [3.05, 3.63) is 29.8 Å². The maximum atomic E-state index is 12.2. The van der Waals surface area contributed by atoms with Crippen LogP contribution in [-0.4, -0.2) is 41.6 Å². The molecule has 5 heteroatoms. The Balaban J connectivity index is 2.08. The zero-order valence-electron chi connectivity index (χ0n) is 10.8. The van der Waals surface area contributed by atoms with Crippen molar-refractivity contribution in [3.63, 3.8) is 0 Å². The van der Waals surface area contributed by atoms with Crippen molar-refractivity contribution in [3.8, 4) is 5.75 Å². The molecule has 1 aromatic rings. The van der Waals surface area contributed by atoms with E-state index in [0.717, 1.165) is 0 Å². The third kappa shape index (κ3) is 3.05. The molecule has 0 unspecified atom stereocenters. The van der Waals surface area contributed by atoms with Crippen molar-refractivity contribution in [2.75, 3.05) is 19.7 Å². The van der Waals surface area contributed by atoms with Gasteiger partial charge in [-0.15, -0.1) is 0 Å². The minimum Gasteiger partial charge on any atom is -0.494 e. The van der Waals surface area contributed by atoms with Gasteiger partial charge >= 0.3 is 5.97 Å². The first-order chi connectivity index (χ1) is 9.11. The molecule has 0 aromatic heterocycles. The number of carbonyl (C=O) groups excluding carboxylic acids is 1. The van der Waals surface area contributed by atoms with Crippen molar-refractivity contribution < 1.29 is 19.4 Å². The monoisotopic (exact) mass is 263 g/mol. The molecule has 0 radical (unpaired) electrons. The molecule has 2 rings (SSSR count). The van der Waals surface area contributed by atoms with E-state index < -0.39 is 11.9 Å². The SMILES string of the molecule is CCOc1cccc(C(=O)N2CC[C@@H](C(=O)O)C2)c1. The van der Waals surface area contributed by atoms with Crippen LogP contribution in [0.5, 0.6) is 5.75 Å². The first-order valence-corrected chi connectivity index (χ1v) is 6.36. The third-order valence-corrected chi connectivity index (χ3v) is 3.22. The topological polar surface area (TPSA) is 66.8 Å². The minimum atomic E-state index is -0.835. The lowest BCUT2D eigenvalue weighted by molar-refractivity contribution is -0.141. The molecule has 19 heavy (non-hydrogen) atoms. The summed E-state index contributed by atoms with van der Waals surface area (Å²) in [6.07, 6.45) is 0.520. The van der Waals surface area contributed by atoms with Crippen LogP contribution in [0, 0.1) is 5.92 Å². The molecular formula is C14H17NO4. The highest BCUT2D eigenvalue weighted by Crippen LogP contribution is 2.21. The third-order valence-electron chi connectivity index (χ3n) is 3.22. The van der Waals surface area contributed by atoms with Crippen LogP contribution in [-0.2, 0) is 4.79 Å². The summed E-state index contributed by atoms with van der Waals surface area (Å²) in [6, 6.07) is 6.98. The highest BCUT2D eigenvalue weighted by atomic mass is 16.5. The van der Waals surface area contributed by atoms with Gasteiger partial charge in [0.1, 0.15) is 5.75 Å². The fourth-order valence-electron chi connectivity index (χ4n) is 2.21. The molecule has 1 amide bonds. The van der Waals surface area contributed by atoms with E-state index in [1.54, 1.807) is 29.2 Å². The number of rotatable bonds is 4. The maximum Gasteiger partial charge on any atom is 0.308 e. The van der Waals surface area contributed by atoms with E-state index in [4.69, 9.17) is 9.84 Å². The first kappa shape index (κ1) is 13.4. The fourth-order valence-corrected chi connectivity index (χ4v) is 2.21. The molecule has 1 aliphatic rings. The van der Waals surface area contributed by atoms with Crippen LogP contribution >= 0.6 is 0 Å². The molecule has 0 aliphatic carbocycles. The Bertz CT molecular complexity index is 486. The summed E-state index contributed by atoms with van der Waals surface area (Å²) in [5, 5.41) is 8.94. The number of benzene rings is 1. The van der Waals surface area contributed by atoms with Crippen LogP contribution in [0.1, 0.15) is 23.7 Å². The summed E-state index contributed by atoms with van der Waals surface area (Å²) in [5.41, 5.74) is 0.539. The average molecular weight is 263 g/mol. The van der Waals surface area contributed by atoms with E-state index in [9.17, 15) is 9.59 Å². The first-order valence-electron chi connectivity index (χ1n) is 6.36. The molecule has 0 bridgehead atoms. The van der Waals surface area contributed by atoms with Gasteiger partial charge in [-0.25, -0.2) is 0 Å². The Morgan fingerprint density at radius 1 is 1.47 bits per heavy atom. The van der Waals surface area contributed by atoms with Crippen LogP contribution in [0.15, 0.2) is 24.3 Å². The van der Waals surface area contributed by atoms with Crippen LogP contribution in [0.25, 0.3) is 0 Å². The van der Waals surface area contributed by atoms with Crippen molar-refractivity contribution in [2.24, 2.45) is 5.92 Å². The number of carboxylic acids is 1. The number of aliphatic carboxylic acids is 1. The molecule has 1 atom stereocenters. The number of ether oxygens (including phenoxy) is 1. The molecule has 1 N–H and O–H groups in total. The van der Waals surface area contributed by atoms with Gasteiger partial charge in [-0.1, -0.05) is 6.07 Å². The van der Waals surface area contributed by atoms with Crippen molar-refractivity contribution in [2.45, 2.75) is 13.3 Å². The van der Waals surface area contributed by atoms with Crippen molar-refractivity contribution >= 4 is 11.9 Å². The van der Waals surface area contributed by atoms with Gasteiger partial charge in [0.2, 0.25) is 0 Å². The number of carboxylic acid groups (broad SMARTS) is 1. The number of nitrogens with zero attached hydrogens (tertiary/aromatic N) is 1. The number of hydrogen-bond acceptors (Lipinski definition) is 3. The van der Waals surface area contributed by atoms with Crippen molar-refractivity contribution in [1.82, 2.24) is 4.90 Å². The summed E-state index contributed by atoms with van der Waals surface area (Å²) >= 11 is 0. The van der Waals surface area contributed by atoms with E-state index in [-0.39, 0.29) is 12.5 Å². The lowest BCUT2D eigenvalue weighted by Crippen LogP contribution is -2.29. The second-order valence-corrected chi connectivity index (χ2v) is 4.54. The standard InChI is InChI=1S/C14H17NO4/c1-2-19-12-5-3-4-10(8-12)13(16)15-7-6-11(9-15)14(17)18/h3-5,8,11H,2,6-7,9H2,1H3,(H,17,18)/t11-/m1/s1. The molecule has 1 aromatic carbocycles. The van der Waals surface area contributed by atoms with Gasteiger partial charge in [-0.2, -0.15) is 0 Å². The predicted octanol–water partition coefficient (Wildman–Crippen LogP) is 1.63. The van der Waals surface area contributed by atoms with Crippen LogP contribution < -0.4 is 4.74 Å². The van der Waals surface area contributed by atoms with E-state index in [0.29, 0.717) is 30.9 Å². The molecule has 1 fully saturated rings. The van der Waals surface area contributed by atoms with E-state index in [2.05, 4.69) is 0 Å². The Morgan fingerprint density at radius 2 is 2.26 bits per heavy atom. The molecule has 0 saturated carbocycles. The quantitative estimate of drug-likeness (QED) is 0.896. The normalized spacial score (nSPS) is 18.4. The Morgan fingerprint density at radius 3 is 2.89 bits per heavy atom. The van der Waals surface area contributed by atoms with Gasteiger partial charge in [0.25, 0.3) is 5.91 Å². The summed E-state index contributed by atoms with van der Waals surface area (Å²) in [5.74, 6) is -0.759. The Hall–Kier alpha value is -2.04. The smallest absolute Gasteiger partial charge is 0.308 e. The fraction of sp³-hybridized carbons (Fsp3) is 0.429. The number of carbonyl (C=O) groups is 2. The number of amides is 1. The van der Waals surface area contributed by atoms with Gasteiger partial charge in [0, 0.05) is 18.7 Å². The largest absolute Gasteiger partial charge is 0.494 e. The molecule has 0 spiro atoms. The molecular weight excluding hydrogens is 246 g/mol. The van der Waals surface area contributed by atoms with E-state index in [1.807, 2.05) is 6.92 Å². The van der Waals surface area contributed by atoms with Gasteiger partial charge in [0.05, 0.1) is 12.5 Å². The molecule has 1 saturated heterocycles. The van der Waals surface area contributed by atoms with Crippen LogP contribution in [0.3, 0.4) is 0 Å². The zero-order chi connectivity index (χ0) is 13.8. The second kappa shape index (κ2) is 5.73. The van der Waals surface area contributed by atoms with Crippen LogP contribution in [0.2, 0.25) is 0 Å². The molecule has 1 aliphatic heterocycles. The molecule has 1 heterocycles. The van der Waals surface area contributed by atoms with Gasteiger partial charge in [0.15, 0.2) is 0 Å². The summed E-state index contributed by atoms with van der Waals surface area (Å²) < 4.78 is 5.35. The predicted molar refractivity (Wildman–Crippen MR) is 69.3 cm³/mol. The molecule has 5 nitrogen and oxygen atoms in total. The number of likely N-dealkylation sites (tertiary alicyclic amines) is 1. The van der Waals surface area contributed by atoms with E-state index in [1.165, 1.54) is 0 Å². The average Bonchev–Trinajstić information content (AvgIpc) is 2.88. The van der Waals surface area contributed by atoms with E-state index >= 15 is 0 Å². The maximum absolute atomic E-state index is 12.2. The van der Waals surface area contributed by atoms with Crippen LogP contribution in [0.4, 0.5) is 0 Å². The summed E-state index contributed by atoms with van der Waals surface area (Å²) in [6.45, 7) is 3.20. The Labute approximate surface area is 111 Å². The highest BCUT2D eigenvalue weighted by Gasteiger charge is 2.31. The minimum absolute atomic E-state index is 0.134. The summed E-state index contributed by atoms with van der Waals surface area (Å²) in [4.78, 5) is 24.7. The summed E-state index contributed by atoms with van der Waals surface area (Å²) in [7, 11) is 0. The second-order valence-electron chi connectivity index (χ2n) is 4.54. The van der Waals surface area contributed by atoms with Gasteiger partial charge in [-0.05, 0) is 31.5 Å². The van der Waals surface area contributed by atoms with Gasteiger partial charge < -0.3 is 14.7 Å².